The third-order valence-corrected chi connectivity index (χ3v) is 7.82. The van der Waals surface area contributed by atoms with Crippen LogP contribution < -0.4 is 0 Å². The van der Waals surface area contributed by atoms with Crippen molar-refractivity contribution >= 4 is 16.0 Å². The number of carboxylic acid groups (broad SMARTS) is 1. The fourth-order valence-electron chi connectivity index (χ4n) is 4.16. The molecule has 1 atom stereocenters. The van der Waals surface area contributed by atoms with E-state index < -0.39 is 16.0 Å². The summed E-state index contributed by atoms with van der Waals surface area (Å²) in [6, 6.07) is 6.25. The topological polar surface area (TPSA) is 114 Å². The van der Waals surface area contributed by atoms with Crippen molar-refractivity contribution < 1.29 is 22.8 Å². The SMILES string of the molecule is CN(C)S(=O)(=O)c1ccc(-c2noc([C@H](CCCC3CCCCC3)CC(=O)O)n2)cc1. The minimum absolute atomic E-state index is 0.0493. The van der Waals surface area contributed by atoms with Crippen LogP contribution in [0.4, 0.5) is 0 Å². The molecule has 0 saturated heterocycles. The van der Waals surface area contributed by atoms with Gasteiger partial charge in [-0.1, -0.05) is 50.1 Å². The first-order valence-corrected chi connectivity index (χ1v) is 12.3. The molecule has 1 aromatic carbocycles. The van der Waals surface area contributed by atoms with Gasteiger partial charge in [-0.3, -0.25) is 4.79 Å². The quantitative estimate of drug-likeness (QED) is 0.575. The minimum atomic E-state index is -3.51. The van der Waals surface area contributed by atoms with Crippen molar-refractivity contribution in [1.82, 2.24) is 14.4 Å². The zero-order valence-electron chi connectivity index (χ0n) is 18.2. The van der Waals surface area contributed by atoms with Gasteiger partial charge in [-0.05, 0) is 36.6 Å². The van der Waals surface area contributed by atoms with Gasteiger partial charge in [-0.2, -0.15) is 4.98 Å². The molecule has 0 radical (unpaired) electrons. The van der Waals surface area contributed by atoms with Crippen LogP contribution in [0.5, 0.6) is 0 Å². The molecule has 0 unspecified atom stereocenters. The Morgan fingerprint density at radius 3 is 2.48 bits per heavy atom. The number of hydrogen-bond acceptors (Lipinski definition) is 6. The van der Waals surface area contributed by atoms with Crippen molar-refractivity contribution in [1.29, 1.82) is 0 Å². The average molecular weight is 450 g/mol. The van der Waals surface area contributed by atoms with Crippen LogP contribution in [0.2, 0.25) is 0 Å². The maximum Gasteiger partial charge on any atom is 0.304 e. The molecule has 3 rings (SSSR count). The van der Waals surface area contributed by atoms with Gasteiger partial charge in [0.2, 0.25) is 21.7 Å². The van der Waals surface area contributed by atoms with E-state index in [1.54, 1.807) is 12.1 Å². The van der Waals surface area contributed by atoms with Gasteiger partial charge in [-0.15, -0.1) is 0 Å². The fraction of sp³-hybridized carbons (Fsp3) is 0.591. The lowest BCUT2D eigenvalue weighted by molar-refractivity contribution is -0.137. The van der Waals surface area contributed by atoms with Crippen molar-refractivity contribution in [2.45, 2.75) is 68.6 Å². The minimum Gasteiger partial charge on any atom is -0.481 e. The highest BCUT2D eigenvalue weighted by Gasteiger charge is 2.24. The molecule has 0 aliphatic heterocycles. The van der Waals surface area contributed by atoms with E-state index in [1.807, 2.05) is 0 Å². The number of aliphatic carboxylic acids is 1. The van der Waals surface area contributed by atoms with E-state index >= 15 is 0 Å². The number of aromatic nitrogens is 2. The molecule has 1 fully saturated rings. The molecule has 0 bridgehead atoms. The fourth-order valence-corrected chi connectivity index (χ4v) is 5.06. The Labute approximate surface area is 183 Å². The number of carbonyl (C=O) groups is 1. The highest BCUT2D eigenvalue weighted by Crippen LogP contribution is 2.31. The van der Waals surface area contributed by atoms with Crippen molar-refractivity contribution in [2.75, 3.05) is 14.1 Å². The van der Waals surface area contributed by atoms with Crippen LogP contribution >= 0.6 is 0 Å². The molecule has 31 heavy (non-hydrogen) atoms. The van der Waals surface area contributed by atoms with Gasteiger partial charge in [0, 0.05) is 25.6 Å². The van der Waals surface area contributed by atoms with Gasteiger partial charge in [-0.25, -0.2) is 12.7 Å². The van der Waals surface area contributed by atoms with Crippen LogP contribution in [0.25, 0.3) is 11.4 Å². The molecule has 8 nitrogen and oxygen atoms in total. The molecule has 170 valence electrons. The van der Waals surface area contributed by atoms with Gasteiger partial charge in [0.25, 0.3) is 0 Å². The van der Waals surface area contributed by atoms with Crippen LogP contribution in [-0.4, -0.2) is 48.0 Å². The number of benzene rings is 1. The average Bonchev–Trinajstić information content (AvgIpc) is 3.24. The second-order valence-electron chi connectivity index (χ2n) is 8.50. The molecular weight excluding hydrogens is 418 g/mol. The zero-order chi connectivity index (χ0) is 22.4. The smallest absolute Gasteiger partial charge is 0.304 e. The van der Waals surface area contributed by atoms with Crippen molar-refractivity contribution in [3.63, 3.8) is 0 Å². The summed E-state index contributed by atoms with van der Waals surface area (Å²) in [5.41, 5.74) is 0.615. The molecule has 1 heterocycles. The van der Waals surface area contributed by atoms with Gasteiger partial charge < -0.3 is 9.63 Å². The van der Waals surface area contributed by atoms with E-state index in [4.69, 9.17) is 4.52 Å². The molecule has 1 aromatic heterocycles. The molecular formula is C22H31N3O5S. The predicted molar refractivity (Wildman–Crippen MR) is 116 cm³/mol. The molecule has 1 saturated carbocycles. The summed E-state index contributed by atoms with van der Waals surface area (Å²) >= 11 is 0. The number of sulfonamides is 1. The first-order chi connectivity index (χ1) is 14.8. The van der Waals surface area contributed by atoms with Crippen molar-refractivity contribution in [3.05, 3.63) is 30.2 Å². The largest absolute Gasteiger partial charge is 0.481 e. The second kappa shape index (κ2) is 10.4. The van der Waals surface area contributed by atoms with E-state index in [9.17, 15) is 18.3 Å². The standard InChI is InChI=1S/C22H31N3O5S/c1-25(2)31(28,29)19-13-11-17(12-14-19)21-23-22(30-24-21)18(15-20(26)27)10-6-9-16-7-4-3-5-8-16/h11-14,16,18H,3-10,15H2,1-2H3,(H,26,27)/t18-/m1/s1. The summed E-state index contributed by atoms with van der Waals surface area (Å²) in [4.78, 5) is 16.0. The molecule has 0 spiro atoms. The number of hydrogen-bond donors (Lipinski definition) is 1. The summed E-state index contributed by atoms with van der Waals surface area (Å²) in [5.74, 6) is 0.184. The monoisotopic (exact) mass is 449 g/mol. The Hall–Kier alpha value is -2.26. The third-order valence-electron chi connectivity index (χ3n) is 5.99. The molecule has 1 N–H and O–H groups in total. The van der Waals surface area contributed by atoms with E-state index in [2.05, 4.69) is 10.1 Å². The normalized spacial score (nSPS) is 16.5. The maximum atomic E-state index is 12.2. The predicted octanol–water partition coefficient (Wildman–Crippen LogP) is 4.30. The molecule has 1 aliphatic carbocycles. The van der Waals surface area contributed by atoms with Crippen molar-refractivity contribution in [2.24, 2.45) is 5.92 Å². The first kappa shape index (κ1) is 23.4. The molecule has 9 heteroatoms. The Morgan fingerprint density at radius 2 is 1.87 bits per heavy atom. The highest BCUT2D eigenvalue weighted by molar-refractivity contribution is 7.89. The first-order valence-electron chi connectivity index (χ1n) is 10.9. The van der Waals surface area contributed by atoms with Gasteiger partial charge in [0.1, 0.15) is 0 Å². The maximum absolute atomic E-state index is 12.2. The second-order valence-corrected chi connectivity index (χ2v) is 10.6. The lowest BCUT2D eigenvalue weighted by Crippen LogP contribution is -2.22. The van der Waals surface area contributed by atoms with Crippen LogP contribution in [0.3, 0.4) is 0 Å². The number of carboxylic acids is 1. The van der Waals surface area contributed by atoms with E-state index in [-0.39, 0.29) is 17.2 Å². The van der Waals surface area contributed by atoms with E-state index in [0.717, 1.165) is 23.1 Å². The molecule has 2 aromatic rings. The summed E-state index contributed by atoms with van der Waals surface area (Å²) in [6.45, 7) is 0. The van der Waals surface area contributed by atoms with Crippen LogP contribution in [0, 0.1) is 5.92 Å². The molecule has 0 amide bonds. The van der Waals surface area contributed by atoms with Crippen LogP contribution in [-0.2, 0) is 14.8 Å². The summed E-state index contributed by atoms with van der Waals surface area (Å²) in [6.07, 6.45) is 9.16. The Morgan fingerprint density at radius 1 is 1.19 bits per heavy atom. The Bertz CT molecular complexity index is 963. The van der Waals surface area contributed by atoms with Gasteiger partial charge in [0.15, 0.2) is 0 Å². The number of nitrogens with zero attached hydrogens (tertiary/aromatic N) is 3. The van der Waals surface area contributed by atoms with Crippen LogP contribution in [0.15, 0.2) is 33.7 Å². The molecule has 1 aliphatic rings. The summed E-state index contributed by atoms with van der Waals surface area (Å²) < 4.78 is 31.0. The summed E-state index contributed by atoms with van der Waals surface area (Å²) in [7, 11) is -0.558. The summed E-state index contributed by atoms with van der Waals surface area (Å²) in [5, 5.41) is 13.3. The lowest BCUT2D eigenvalue weighted by Gasteiger charge is -2.21. The Kier molecular flexibility index (Phi) is 7.83. The third kappa shape index (κ3) is 6.13. The van der Waals surface area contributed by atoms with Gasteiger partial charge >= 0.3 is 5.97 Å². The Balaban J connectivity index is 1.68. The van der Waals surface area contributed by atoms with Crippen LogP contribution in [0.1, 0.15) is 69.6 Å². The van der Waals surface area contributed by atoms with E-state index in [1.165, 1.54) is 58.3 Å². The highest BCUT2D eigenvalue weighted by atomic mass is 32.2. The number of rotatable bonds is 10. The lowest BCUT2D eigenvalue weighted by atomic mass is 9.84. The van der Waals surface area contributed by atoms with Gasteiger partial charge in [0.05, 0.1) is 11.3 Å². The van der Waals surface area contributed by atoms with Crippen molar-refractivity contribution in [3.8, 4) is 11.4 Å². The van der Waals surface area contributed by atoms with E-state index in [0.29, 0.717) is 23.7 Å². The zero-order valence-corrected chi connectivity index (χ0v) is 19.0.